The minimum Gasteiger partial charge on any atom is -0.484 e. The minimum absolute atomic E-state index is 0.0517. The number of benzene rings is 1. The summed E-state index contributed by atoms with van der Waals surface area (Å²) < 4.78 is 11.0. The summed E-state index contributed by atoms with van der Waals surface area (Å²) >= 11 is 0. The Balaban J connectivity index is 1.40. The molecule has 1 aromatic heterocycles. The summed E-state index contributed by atoms with van der Waals surface area (Å²) in [7, 11) is 0. The van der Waals surface area contributed by atoms with Crippen LogP contribution in [0.2, 0.25) is 0 Å². The second-order valence-corrected chi connectivity index (χ2v) is 7.53. The molecule has 3 heterocycles. The summed E-state index contributed by atoms with van der Waals surface area (Å²) in [5, 5.41) is 2.85. The highest BCUT2D eigenvalue weighted by Crippen LogP contribution is 2.19. The third-order valence-electron chi connectivity index (χ3n) is 5.14. The van der Waals surface area contributed by atoms with Gasteiger partial charge in [0.15, 0.2) is 12.4 Å². The fraction of sp³-hybridized carbons (Fsp3) is 0.524. The first-order valence-corrected chi connectivity index (χ1v) is 10.5. The molecule has 0 unspecified atom stereocenters. The molecular weight excluding hydrogens is 384 g/mol. The highest BCUT2D eigenvalue weighted by atomic mass is 16.5. The first kappa shape index (κ1) is 20.3. The lowest BCUT2D eigenvalue weighted by molar-refractivity contribution is -0.123. The number of amides is 1. The Hall–Kier alpha value is -2.94. The van der Waals surface area contributed by atoms with Gasteiger partial charge in [-0.25, -0.2) is 0 Å². The van der Waals surface area contributed by atoms with Crippen LogP contribution in [-0.2, 0) is 16.1 Å². The maximum Gasteiger partial charge on any atom is 0.258 e. The van der Waals surface area contributed by atoms with E-state index in [1.165, 1.54) is 0 Å². The van der Waals surface area contributed by atoms with Crippen molar-refractivity contribution in [3.05, 3.63) is 35.7 Å². The smallest absolute Gasteiger partial charge is 0.258 e. The van der Waals surface area contributed by atoms with E-state index in [0.29, 0.717) is 36.7 Å². The van der Waals surface area contributed by atoms with Crippen LogP contribution in [0.3, 0.4) is 0 Å². The molecule has 0 radical (unpaired) electrons. The van der Waals surface area contributed by atoms with Crippen molar-refractivity contribution in [3.8, 4) is 5.75 Å². The number of hydrogen-bond acceptors (Lipinski definition) is 8. The number of hydrogen-bond donors (Lipinski definition) is 1. The molecule has 2 saturated heterocycles. The standard InChI is InChI=1S/C21H28N6O3/c1-16-5-4-6-17(13-16)30-15-19(28)22-14-18-23-20(26-7-2-3-8-26)25-21(24-18)27-9-11-29-12-10-27/h4-6,13H,2-3,7-12,14-15H2,1H3,(H,22,28). The molecule has 2 aromatic rings. The predicted octanol–water partition coefficient (Wildman–Crippen LogP) is 1.31. The van der Waals surface area contributed by atoms with E-state index in [0.717, 1.165) is 44.6 Å². The Morgan fingerprint density at radius 1 is 1.07 bits per heavy atom. The van der Waals surface area contributed by atoms with Crippen molar-refractivity contribution in [2.24, 2.45) is 0 Å². The average molecular weight is 412 g/mol. The molecule has 0 saturated carbocycles. The van der Waals surface area contributed by atoms with Crippen LogP contribution in [0.1, 0.15) is 24.2 Å². The normalized spacial score (nSPS) is 16.6. The second kappa shape index (κ2) is 9.71. The molecule has 0 aliphatic carbocycles. The lowest BCUT2D eigenvalue weighted by atomic mass is 10.2. The van der Waals surface area contributed by atoms with E-state index in [9.17, 15) is 4.79 Å². The van der Waals surface area contributed by atoms with Crippen LogP contribution in [0.5, 0.6) is 5.75 Å². The Labute approximate surface area is 176 Å². The van der Waals surface area contributed by atoms with Crippen LogP contribution in [0.4, 0.5) is 11.9 Å². The third kappa shape index (κ3) is 5.35. The molecule has 1 N–H and O–H groups in total. The highest BCUT2D eigenvalue weighted by Gasteiger charge is 2.21. The number of morpholine rings is 1. The number of anilines is 2. The van der Waals surface area contributed by atoms with Gasteiger partial charge in [-0.15, -0.1) is 0 Å². The number of nitrogens with zero attached hydrogens (tertiary/aromatic N) is 5. The molecule has 0 spiro atoms. The van der Waals surface area contributed by atoms with Gasteiger partial charge in [-0.2, -0.15) is 15.0 Å². The van der Waals surface area contributed by atoms with Crippen molar-refractivity contribution >= 4 is 17.8 Å². The van der Waals surface area contributed by atoms with Gasteiger partial charge >= 0.3 is 0 Å². The van der Waals surface area contributed by atoms with E-state index in [1.807, 2.05) is 31.2 Å². The van der Waals surface area contributed by atoms with Gasteiger partial charge in [-0.1, -0.05) is 12.1 Å². The van der Waals surface area contributed by atoms with E-state index in [-0.39, 0.29) is 19.1 Å². The van der Waals surface area contributed by atoms with E-state index in [4.69, 9.17) is 9.47 Å². The van der Waals surface area contributed by atoms with Crippen LogP contribution in [0.15, 0.2) is 24.3 Å². The predicted molar refractivity (Wildman–Crippen MR) is 113 cm³/mol. The number of rotatable bonds is 7. The number of aromatic nitrogens is 3. The molecule has 30 heavy (non-hydrogen) atoms. The van der Waals surface area contributed by atoms with Gasteiger partial charge in [0.1, 0.15) is 5.75 Å². The van der Waals surface area contributed by atoms with E-state index < -0.39 is 0 Å². The number of nitrogens with one attached hydrogen (secondary N) is 1. The topological polar surface area (TPSA) is 92.7 Å². The van der Waals surface area contributed by atoms with Gasteiger partial charge in [-0.3, -0.25) is 4.79 Å². The Bertz CT molecular complexity index is 866. The quantitative estimate of drug-likeness (QED) is 0.728. The second-order valence-electron chi connectivity index (χ2n) is 7.53. The maximum absolute atomic E-state index is 12.3. The van der Waals surface area contributed by atoms with Crippen LogP contribution in [0.25, 0.3) is 0 Å². The number of ether oxygens (including phenoxy) is 2. The summed E-state index contributed by atoms with van der Waals surface area (Å²) in [6, 6.07) is 7.62. The van der Waals surface area contributed by atoms with E-state index in [1.54, 1.807) is 0 Å². The Morgan fingerprint density at radius 2 is 1.77 bits per heavy atom. The fourth-order valence-electron chi connectivity index (χ4n) is 3.52. The van der Waals surface area contributed by atoms with Crippen LogP contribution < -0.4 is 19.9 Å². The van der Waals surface area contributed by atoms with Crippen molar-refractivity contribution in [2.45, 2.75) is 26.3 Å². The number of carbonyl (C=O) groups excluding carboxylic acids is 1. The van der Waals surface area contributed by atoms with Crippen molar-refractivity contribution in [1.82, 2.24) is 20.3 Å². The molecule has 160 valence electrons. The van der Waals surface area contributed by atoms with Gasteiger partial charge in [-0.05, 0) is 37.5 Å². The van der Waals surface area contributed by atoms with Gasteiger partial charge in [0.05, 0.1) is 19.8 Å². The molecule has 0 atom stereocenters. The molecule has 2 aliphatic rings. The molecule has 4 rings (SSSR count). The van der Waals surface area contributed by atoms with Crippen molar-refractivity contribution in [3.63, 3.8) is 0 Å². The minimum atomic E-state index is -0.215. The average Bonchev–Trinajstić information content (AvgIpc) is 3.32. The van der Waals surface area contributed by atoms with Crippen molar-refractivity contribution in [2.75, 3.05) is 55.8 Å². The first-order chi connectivity index (χ1) is 14.7. The van der Waals surface area contributed by atoms with Gasteiger partial charge in [0.25, 0.3) is 5.91 Å². The van der Waals surface area contributed by atoms with Crippen LogP contribution in [0, 0.1) is 6.92 Å². The lowest BCUT2D eigenvalue weighted by Crippen LogP contribution is -2.38. The summed E-state index contributed by atoms with van der Waals surface area (Å²) in [6.45, 7) is 6.88. The summed E-state index contributed by atoms with van der Waals surface area (Å²) in [5.41, 5.74) is 1.09. The SMILES string of the molecule is Cc1cccc(OCC(=O)NCc2nc(N3CCCC3)nc(N3CCOCC3)n2)c1. The van der Waals surface area contributed by atoms with Crippen LogP contribution >= 0.6 is 0 Å². The van der Waals surface area contributed by atoms with E-state index in [2.05, 4.69) is 30.1 Å². The molecule has 9 heteroatoms. The van der Waals surface area contributed by atoms with Gasteiger partial charge < -0.3 is 24.6 Å². The molecular formula is C21H28N6O3. The zero-order valence-electron chi connectivity index (χ0n) is 17.3. The van der Waals surface area contributed by atoms with Gasteiger partial charge in [0, 0.05) is 26.2 Å². The molecule has 0 bridgehead atoms. The largest absolute Gasteiger partial charge is 0.484 e. The first-order valence-electron chi connectivity index (χ1n) is 10.5. The van der Waals surface area contributed by atoms with Gasteiger partial charge in [0.2, 0.25) is 11.9 Å². The Kier molecular flexibility index (Phi) is 6.58. The zero-order chi connectivity index (χ0) is 20.8. The monoisotopic (exact) mass is 412 g/mol. The fourth-order valence-corrected chi connectivity index (χ4v) is 3.52. The molecule has 1 aromatic carbocycles. The molecule has 2 aliphatic heterocycles. The van der Waals surface area contributed by atoms with Crippen LogP contribution in [-0.4, -0.2) is 66.9 Å². The van der Waals surface area contributed by atoms with Crippen molar-refractivity contribution in [1.29, 1.82) is 0 Å². The molecule has 1 amide bonds. The lowest BCUT2D eigenvalue weighted by Gasteiger charge is -2.28. The summed E-state index contributed by atoms with van der Waals surface area (Å²) in [5.74, 6) is 2.35. The number of carbonyl (C=O) groups is 1. The van der Waals surface area contributed by atoms with Crippen molar-refractivity contribution < 1.29 is 14.3 Å². The van der Waals surface area contributed by atoms with E-state index >= 15 is 0 Å². The maximum atomic E-state index is 12.3. The Morgan fingerprint density at radius 3 is 2.47 bits per heavy atom. The molecule has 9 nitrogen and oxygen atoms in total. The summed E-state index contributed by atoms with van der Waals surface area (Å²) in [4.78, 5) is 30.4. The zero-order valence-corrected chi connectivity index (χ0v) is 17.3. The summed E-state index contributed by atoms with van der Waals surface area (Å²) in [6.07, 6.45) is 2.28. The third-order valence-corrected chi connectivity index (χ3v) is 5.14. The molecule has 2 fully saturated rings. The number of aryl methyl sites for hydroxylation is 1. The highest BCUT2D eigenvalue weighted by molar-refractivity contribution is 5.77.